The molecule has 0 saturated carbocycles. The third-order valence-corrected chi connectivity index (χ3v) is 0.824. The van der Waals surface area contributed by atoms with Gasteiger partial charge in [0.15, 0.2) is 0 Å². The highest BCUT2D eigenvalue weighted by atomic mass is 32.1. The first-order chi connectivity index (χ1) is 3.66. The van der Waals surface area contributed by atoms with Crippen molar-refractivity contribution < 1.29 is 0 Å². The van der Waals surface area contributed by atoms with Gasteiger partial charge in [0.05, 0.1) is 0 Å². The van der Waals surface area contributed by atoms with Crippen LogP contribution < -0.4 is 11.5 Å². The standard InChI is InChI=1S/C5H10N2S/c1-4(7)2-5(8)3-6/h2-3,8H,6-7H2,1H3/b4-2-,5-3+. The zero-order valence-electron chi connectivity index (χ0n) is 4.76. The summed E-state index contributed by atoms with van der Waals surface area (Å²) in [6.45, 7) is 1.78. The molecule has 0 heterocycles. The van der Waals surface area contributed by atoms with E-state index in [9.17, 15) is 0 Å². The lowest BCUT2D eigenvalue weighted by Crippen LogP contribution is -1.90. The molecular weight excluding hydrogens is 120 g/mol. The second kappa shape index (κ2) is 3.43. The molecule has 0 aliphatic heterocycles. The highest BCUT2D eigenvalue weighted by molar-refractivity contribution is 7.84. The van der Waals surface area contributed by atoms with Crippen LogP contribution in [0.15, 0.2) is 22.9 Å². The summed E-state index contributed by atoms with van der Waals surface area (Å²) in [5.74, 6) is 0. The van der Waals surface area contributed by atoms with Gasteiger partial charge in [-0.2, -0.15) is 0 Å². The fourth-order valence-electron chi connectivity index (χ4n) is 0.281. The van der Waals surface area contributed by atoms with Gasteiger partial charge in [-0.3, -0.25) is 0 Å². The van der Waals surface area contributed by atoms with E-state index in [1.807, 2.05) is 0 Å². The Bertz CT molecular complexity index is 122. The summed E-state index contributed by atoms with van der Waals surface area (Å²) in [4.78, 5) is 0.685. The fourth-order valence-corrected chi connectivity index (χ4v) is 0.485. The van der Waals surface area contributed by atoms with E-state index in [1.54, 1.807) is 13.0 Å². The Kier molecular flexibility index (Phi) is 3.19. The van der Waals surface area contributed by atoms with Gasteiger partial charge < -0.3 is 11.5 Å². The van der Waals surface area contributed by atoms with E-state index in [4.69, 9.17) is 11.5 Å². The molecule has 8 heavy (non-hydrogen) atoms. The maximum Gasteiger partial charge on any atom is 0.0212 e. The molecule has 0 amide bonds. The topological polar surface area (TPSA) is 52.0 Å². The Balaban J connectivity index is 3.89. The molecule has 46 valence electrons. The van der Waals surface area contributed by atoms with Crippen molar-refractivity contribution in [2.75, 3.05) is 0 Å². The maximum atomic E-state index is 5.28. The first-order valence-electron chi connectivity index (χ1n) is 2.21. The van der Waals surface area contributed by atoms with Crippen LogP contribution in [0.25, 0.3) is 0 Å². The number of nitrogens with two attached hydrogens (primary N) is 2. The van der Waals surface area contributed by atoms with E-state index in [-0.39, 0.29) is 0 Å². The molecule has 0 aromatic heterocycles. The minimum Gasteiger partial charge on any atom is -0.404 e. The van der Waals surface area contributed by atoms with Crippen molar-refractivity contribution in [1.29, 1.82) is 0 Å². The first-order valence-corrected chi connectivity index (χ1v) is 2.66. The molecule has 4 N–H and O–H groups in total. The van der Waals surface area contributed by atoms with Crippen LogP contribution >= 0.6 is 12.6 Å². The Labute approximate surface area is 54.7 Å². The van der Waals surface area contributed by atoms with Crippen LogP contribution in [0.5, 0.6) is 0 Å². The lowest BCUT2D eigenvalue weighted by Gasteiger charge is -1.88. The minimum absolute atomic E-state index is 0.685. The fraction of sp³-hybridized carbons (Fsp3) is 0.200. The number of hydrogen-bond donors (Lipinski definition) is 3. The average Bonchev–Trinajstić information content (AvgIpc) is 1.65. The van der Waals surface area contributed by atoms with Crippen LogP contribution in [0, 0.1) is 0 Å². The van der Waals surface area contributed by atoms with Gasteiger partial charge in [-0.1, -0.05) is 0 Å². The normalized spacial score (nSPS) is 14.2. The van der Waals surface area contributed by atoms with Crippen LogP contribution in [0.3, 0.4) is 0 Å². The summed E-state index contributed by atoms with van der Waals surface area (Å²) in [5, 5.41) is 0. The second-order valence-corrected chi connectivity index (χ2v) is 2.00. The van der Waals surface area contributed by atoms with Gasteiger partial charge in [0.2, 0.25) is 0 Å². The molecule has 0 aliphatic carbocycles. The van der Waals surface area contributed by atoms with Crippen molar-refractivity contribution in [2.45, 2.75) is 6.92 Å². The molecule has 0 bridgehead atoms. The molecule has 0 aromatic carbocycles. The van der Waals surface area contributed by atoms with Crippen LogP contribution in [0.2, 0.25) is 0 Å². The van der Waals surface area contributed by atoms with Crippen LogP contribution in [-0.4, -0.2) is 0 Å². The van der Waals surface area contributed by atoms with Gasteiger partial charge in [-0.15, -0.1) is 12.6 Å². The Morgan fingerprint density at radius 2 is 2.12 bits per heavy atom. The molecule has 0 aliphatic rings. The van der Waals surface area contributed by atoms with E-state index in [2.05, 4.69) is 12.6 Å². The van der Waals surface area contributed by atoms with Crippen LogP contribution in [0.4, 0.5) is 0 Å². The summed E-state index contributed by atoms with van der Waals surface area (Å²) in [6, 6.07) is 0. The molecule has 2 nitrogen and oxygen atoms in total. The van der Waals surface area contributed by atoms with E-state index >= 15 is 0 Å². The molecule has 0 unspecified atom stereocenters. The molecule has 0 rings (SSSR count). The molecule has 0 saturated heterocycles. The summed E-state index contributed by atoms with van der Waals surface area (Å²) in [5.41, 5.74) is 11.1. The SMILES string of the molecule is C/C(N)=C/C(S)=C\N. The van der Waals surface area contributed by atoms with Crippen molar-refractivity contribution in [1.82, 2.24) is 0 Å². The zero-order valence-corrected chi connectivity index (χ0v) is 5.65. The lowest BCUT2D eigenvalue weighted by atomic mass is 10.4. The highest BCUT2D eigenvalue weighted by Crippen LogP contribution is 1.99. The van der Waals surface area contributed by atoms with Crippen LogP contribution in [-0.2, 0) is 0 Å². The second-order valence-electron chi connectivity index (χ2n) is 1.48. The predicted molar refractivity (Wildman–Crippen MR) is 39.2 cm³/mol. The van der Waals surface area contributed by atoms with Gasteiger partial charge in [0.25, 0.3) is 0 Å². The average molecular weight is 130 g/mol. The Morgan fingerprint density at radius 3 is 2.25 bits per heavy atom. The molecule has 0 radical (unpaired) electrons. The van der Waals surface area contributed by atoms with Crippen molar-refractivity contribution in [3.63, 3.8) is 0 Å². The van der Waals surface area contributed by atoms with Crippen LogP contribution in [0.1, 0.15) is 6.92 Å². The summed E-state index contributed by atoms with van der Waals surface area (Å²) < 4.78 is 0. The van der Waals surface area contributed by atoms with Crippen molar-refractivity contribution in [2.24, 2.45) is 11.5 Å². The third kappa shape index (κ3) is 3.61. The molecule has 3 heteroatoms. The molecule has 0 atom stereocenters. The van der Waals surface area contributed by atoms with Gasteiger partial charge in [-0.25, -0.2) is 0 Å². The van der Waals surface area contributed by atoms with Crippen molar-refractivity contribution in [3.8, 4) is 0 Å². The lowest BCUT2D eigenvalue weighted by molar-refractivity contribution is 1.31. The molecule has 0 aromatic rings. The van der Waals surface area contributed by atoms with Crippen molar-refractivity contribution in [3.05, 3.63) is 22.9 Å². The summed E-state index contributed by atoms with van der Waals surface area (Å²) in [6.07, 6.45) is 3.07. The van der Waals surface area contributed by atoms with Gasteiger partial charge in [-0.05, 0) is 13.0 Å². The van der Waals surface area contributed by atoms with E-state index in [0.717, 1.165) is 0 Å². The number of hydrogen-bond acceptors (Lipinski definition) is 3. The van der Waals surface area contributed by atoms with Gasteiger partial charge in [0.1, 0.15) is 0 Å². The maximum absolute atomic E-state index is 5.28. The number of thiol groups is 1. The van der Waals surface area contributed by atoms with E-state index in [1.165, 1.54) is 6.20 Å². The van der Waals surface area contributed by atoms with Gasteiger partial charge in [0, 0.05) is 16.8 Å². The van der Waals surface area contributed by atoms with E-state index in [0.29, 0.717) is 10.6 Å². The third-order valence-electron chi connectivity index (χ3n) is 0.546. The molecule has 0 fully saturated rings. The molecule has 0 spiro atoms. The summed E-state index contributed by atoms with van der Waals surface area (Å²) >= 11 is 3.95. The largest absolute Gasteiger partial charge is 0.404 e. The minimum atomic E-state index is 0.685. The van der Waals surface area contributed by atoms with E-state index < -0.39 is 0 Å². The Hall–Kier alpha value is -0.570. The number of allylic oxidation sites excluding steroid dienone is 2. The monoisotopic (exact) mass is 130 g/mol. The zero-order chi connectivity index (χ0) is 6.57. The highest BCUT2D eigenvalue weighted by Gasteiger charge is 1.79. The molecular formula is C5H10N2S. The number of rotatable bonds is 1. The predicted octanol–water partition coefficient (Wildman–Crippen LogP) is 0.579. The van der Waals surface area contributed by atoms with Gasteiger partial charge >= 0.3 is 0 Å². The summed E-state index contributed by atoms with van der Waals surface area (Å²) in [7, 11) is 0. The van der Waals surface area contributed by atoms with Crippen molar-refractivity contribution >= 4 is 12.6 Å². The smallest absolute Gasteiger partial charge is 0.0212 e. The Morgan fingerprint density at radius 1 is 1.62 bits per heavy atom. The quantitative estimate of drug-likeness (QED) is 0.359. The first kappa shape index (κ1) is 7.43.